The number of benzene rings is 1. The summed E-state index contributed by atoms with van der Waals surface area (Å²) in [4.78, 5) is 35.2. The molecule has 3 aliphatic rings. The highest BCUT2D eigenvalue weighted by Crippen LogP contribution is 2.45. The maximum atomic E-state index is 13.7. The van der Waals surface area contributed by atoms with E-state index in [0.717, 1.165) is 19.3 Å². The van der Waals surface area contributed by atoms with E-state index in [4.69, 9.17) is 9.47 Å². The number of carbonyl (C=O) groups is 2. The molecule has 6 rings (SSSR count). The number of alkyl halides is 2. The quantitative estimate of drug-likeness (QED) is 0.373. The van der Waals surface area contributed by atoms with Gasteiger partial charge >= 0.3 is 0 Å². The van der Waals surface area contributed by atoms with Crippen LogP contribution in [0.15, 0.2) is 34.8 Å². The van der Waals surface area contributed by atoms with E-state index >= 15 is 0 Å². The third-order valence-electron chi connectivity index (χ3n) is 7.72. The van der Waals surface area contributed by atoms with Crippen molar-refractivity contribution in [3.05, 3.63) is 41.6 Å². The van der Waals surface area contributed by atoms with Gasteiger partial charge in [0.15, 0.2) is 4.34 Å². The number of methoxy groups -OCH3 is 1. The number of halogens is 2. The third-order valence-corrected chi connectivity index (χ3v) is 9.88. The molecule has 0 radical (unpaired) electrons. The average Bonchev–Trinajstić information content (AvgIpc) is 3.38. The van der Waals surface area contributed by atoms with Crippen molar-refractivity contribution in [3.63, 3.8) is 0 Å². The minimum Gasteiger partial charge on any atom is -0.496 e. The molecule has 0 bridgehead atoms. The molecule has 1 spiro atoms. The van der Waals surface area contributed by atoms with E-state index in [0.29, 0.717) is 52.9 Å². The zero-order chi connectivity index (χ0) is 28.7. The van der Waals surface area contributed by atoms with Crippen molar-refractivity contribution in [3.8, 4) is 16.9 Å². The molecule has 1 unspecified atom stereocenters. The molecule has 1 saturated carbocycles. The first-order chi connectivity index (χ1) is 19.8. The van der Waals surface area contributed by atoms with Gasteiger partial charge in [0.2, 0.25) is 11.0 Å². The summed E-state index contributed by atoms with van der Waals surface area (Å²) < 4.78 is 39.1. The second-order valence-corrected chi connectivity index (χ2v) is 12.7. The van der Waals surface area contributed by atoms with Crippen molar-refractivity contribution in [2.24, 2.45) is 0 Å². The van der Waals surface area contributed by atoms with Gasteiger partial charge in [-0.15, -0.1) is 10.2 Å². The van der Waals surface area contributed by atoms with Crippen LogP contribution in [-0.4, -0.2) is 83.1 Å². The lowest BCUT2D eigenvalue weighted by atomic mass is 9.97. The predicted octanol–water partition coefficient (Wildman–Crippen LogP) is 4.49. The smallest absolute Gasteiger partial charge is 0.263 e. The lowest BCUT2D eigenvalue weighted by Crippen LogP contribution is -2.57. The third kappa shape index (κ3) is 5.41. The van der Waals surface area contributed by atoms with Gasteiger partial charge in [-0.2, -0.15) is 0 Å². The number of anilines is 2. The Kier molecular flexibility index (Phi) is 7.66. The molecule has 1 aliphatic carbocycles. The topological polar surface area (TPSA) is 110 Å². The molecule has 2 amide bonds. The standard InChI is InChI=1S/C27H28F2N6O4S2/c1-34-8-9-35(24(37)27(34)6-7-27)21-12-17(18-11-15(22(28)29)3-4-20(18)38-2)19(13-30-21)23(36)31-25-32-33-26(41-25)40-16-5-10-39-14-16/h3-4,11-13,16,22H,5-10,14H2,1-2H3,(H,31,32,36). The number of nitrogens with one attached hydrogen (secondary N) is 1. The Morgan fingerprint density at radius 3 is 2.78 bits per heavy atom. The number of ether oxygens (including phenoxy) is 2. The summed E-state index contributed by atoms with van der Waals surface area (Å²) in [5.74, 6) is 0.0572. The van der Waals surface area contributed by atoms with Gasteiger partial charge in [-0.3, -0.25) is 24.7 Å². The zero-order valence-corrected chi connectivity index (χ0v) is 24.1. The monoisotopic (exact) mass is 602 g/mol. The maximum absolute atomic E-state index is 13.7. The molecular weight excluding hydrogens is 574 g/mol. The highest BCUT2D eigenvalue weighted by Gasteiger charge is 2.57. The number of pyridine rings is 1. The zero-order valence-electron chi connectivity index (χ0n) is 22.4. The number of hydrogen-bond acceptors (Lipinski definition) is 10. The minimum atomic E-state index is -2.73. The van der Waals surface area contributed by atoms with Crippen molar-refractivity contribution >= 4 is 45.9 Å². The lowest BCUT2D eigenvalue weighted by Gasteiger charge is -2.38. The highest BCUT2D eigenvalue weighted by atomic mass is 32.2. The number of piperazine rings is 1. The van der Waals surface area contributed by atoms with Crippen molar-refractivity contribution in [2.45, 2.75) is 40.8 Å². The normalized spacial score (nSPS) is 20.2. The van der Waals surface area contributed by atoms with Gasteiger partial charge in [0.1, 0.15) is 17.1 Å². The summed E-state index contributed by atoms with van der Waals surface area (Å²) in [6.07, 6.45) is 1.10. The van der Waals surface area contributed by atoms with Crippen molar-refractivity contribution in [1.29, 1.82) is 0 Å². The molecule has 41 heavy (non-hydrogen) atoms. The molecule has 3 aromatic rings. The van der Waals surface area contributed by atoms with Gasteiger partial charge in [0, 0.05) is 47.8 Å². The Morgan fingerprint density at radius 1 is 1.24 bits per heavy atom. The van der Waals surface area contributed by atoms with Gasteiger partial charge in [-0.25, -0.2) is 13.8 Å². The number of nitrogens with zero attached hydrogens (tertiary/aromatic N) is 5. The van der Waals surface area contributed by atoms with E-state index in [1.54, 1.807) is 22.7 Å². The second kappa shape index (κ2) is 11.2. The van der Waals surface area contributed by atoms with Crippen LogP contribution in [0.1, 0.15) is 41.6 Å². The summed E-state index contributed by atoms with van der Waals surface area (Å²) >= 11 is 2.80. The van der Waals surface area contributed by atoms with Crippen LogP contribution in [0.25, 0.3) is 11.1 Å². The number of hydrogen-bond donors (Lipinski definition) is 1. The Balaban J connectivity index is 1.36. The van der Waals surface area contributed by atoms with E-state index in [-0.39, 0.29) is 27.8 Å². The van der Waals surface area contributed by atoms with Crippen LogP contribution in [0.2, 0.25) is 0 Å². The van der Waals surface area contributed by atoms with Gasteiger partial charge < -0.3 is 9.47 Å². The Labute approximate surface area is 243 Å². The Hall–Kier alpha value is -3.20. The molecule has 2 saturated heterocycles. The van der Waals surface area contributed by atoms with Gasteiger partial charge in [-0.05, 0) is 50.6 Å². The van der Waals surface area contributed by atoms with Crippen molar-refractivity contribution in [2.75, 3.05) is 50.7 Å². The highest BCUT2D eigenvalue weighted by molar-refractivity contribution is 8.01. The first-order valence-corrected chi connectivity index (χ1v) is 14.9. The molecule has 2 aromatic heterocycles. The predicted molar refractivity (Wildman–Crippen MR) is 151 cm³/mol. The van der Waals surface area contributed by atoms with E-state index in [1.165, 1.54) is 42.8 Å². The first kappa shape index (κ1) is 27.9. The number of thioether (sulfide) groups is 1. The van der Waals surface area contributed by atoms with Crippen LogP contribution >= 0.6 is 23.1 Å². The molecule has 216 valence electrons. The average molecular weight is 603 g/mol. The number of carbonyl (C=O) groups excluding carboxylic acids is 2. The second-order valence-electron chi connectivity index (χ2n) is 10.2. The summed E-state index contributed by atoms with van der Waals surface area (Å²) in [6.45, 7) is 2.44. The minimum absolute atomic E-state index is 0.0539. The largest absolute Gasteiger partial charge is 0.496 e. The van der Waals surface area contributed by atoms with E-state index in [2.05, 4.69) is 25.4 Å². The summed E-state index contributed by atoms with van der Waals surface area (Å²) in [5, 5.41) is 11.6. The molecule has 1 atom stereocenters. The summed E-state index contributed by atoms with van der Waals surface area (Å²) in [7, 11) is 3.37. The molecule has 14 heteroatoms. The van der Waals surface area contributed by atoms with Gasteiger partial charge in [0.05, 0.1) is 19.3 Å². The molecular formula is C27H28F2N6O4S2. The maximum Gasteiger partial charge on any atom is 0.263 e. The van der Waals surface area contributed by atoms with Crippen LogP contribution in [-0.2, 0) is 9.53 Å². The number of rotatable bonds is 8. The molecule has 4 heterocycles. The van der Waals surface area contributed by atoms with E-state index in [9.17, 15) is 18.4 Å². The van der Waals surface area contributed by atoms with Gasteiger partial charge in [0.25, 0.3) is 12.3 Å². The van der Waals surface area contributed by atoms with Crippen molar-refractivity contribution < 1.29 is 27.8 Å². The fourth-order valence-electron chi connectivity index (χ4n) is 5.20. The van der Waals surface area contributed by atoms with Crippen molar-refractivity contribution in [1.82, 2.24) is 20.1 Å². The SMILES string of the molecule is COc1ccc(C(F)F)cc1-c1cc(N2CCN(C)C3(CC3)C2=O)ncc1C(=O)Nc1nnc(SC2CCOC2)s1. The number of amides is 2. The molecule has 10 nitrogen and oxygen atoms in total. The van der Waals surface area contributed by atoms with Crippen LogP contribution in [0.5, 0.6) is 5.75 Å². The first-order valence-electron chi connectivity index (χ1n) is 13.2. The van der Waals surface area contributed by atoms with Crippen LogP contribution in [0.4, 0.5) is 19.7 Å². The molecule has 2 aliphatic heterocycles. The Bertz CT molecular complexity index is 1480. The summed E-state index contributed by atoms with van der Waals surface area (Å²) in [6, 6.07) is 5.63. The Morgan fingerprint density at radius 2 is 2.07 bits per heavy atom. The van der Waals surface area contributed by atoms with Crippen LogP contribution in [0.3, 0.4) is 0 Å². The van der Waals surface area contributed by atoms with Crippen LogP contribution in [0, 0.1) is 0 Å². The summed E-state index contributed by atoms with van der Waals surface area (Å²) in [5.41, 5.74) is -0.0292. The molecule has 3 fully saturated rings. The fraction of sp³-hybridized carbons (Fsp3) is 0.444. The van der Waals surface area contributed by atoms with Gasteiger partial charge in [-0.1, -0.05) is 23.1 Å². The number of likely N-dealkylation sites (N-methyl/N-ethyl adjacent to an activating group) is 1. The molecule has 1 N–H and O–H groups in total. The lowest BCUT2D eigenvalue weighted by molar-refractivity contribution is -0.126. The van der Waals surface area contributed by atoms with Crippen LogP contribution < -0.4 is 15.0 Å². The number of aromatic nitrogens is 3. The molecule has 1 aromatic carbocycles. The fourth-order valence-corrected chi connectivity index (χ4v) is 7.26. The van der Waals surface area contributed by atoms with E-state index in [1.807, 2.05) is 7.05 Å². The van der Waals surface area contributed by atoms with E-state index < -0.39 is 17.9 Å².